The zero-order chi connectivity index (χ0) is 13.9. The lowest BCUT2D eigenvalue weighted by molar-refractivity contribution is 0.127. The van der Waals surface area contributed by atoms with Gasteiger partial charge in [0.25, 0.3) is 0 Å². The van der Waals surface area contributed by atoms with Gasteiger partial charge in [0, 0.05) is 18.2 Å². The SMILES string of the molecule is CCC(CC)(CO)CNc1nc2ccc(C)cn2n1. The Morgan fingerprint density at radius 2 is 2.05 bits per heavy atom. The van der Waals surface area contributed by atoms with Crippen LogP contribution in [0.1, 0.15) is 32.3 Å². The second-order valence-corrected chi connectivity index (χ2v) is 5.16. The molecule has 0 saturated heterocycles. The molecular formula is C14H22N4O. The number of fused-ring (bicyclic) bond motifs is 1. The molecule has 0 spiro atoms. The number of hydrogen-bond donors (Lipinski definition) is 2. The Morgan fingerprint density at radius 3 is 2.68 bits per heavy atom. The van der Waals surface area contributed by atoms with Crippen LogP contribution < -0.4 is 5.32 Å². The number of aliphatic hydroxyl groups is 1. The largest absolute Gasteiger partial charge is 0.396 e. The van der Waals surface area contributed by atoms with Crippen LogP contribution in [0.4, 0.5) is 5.95 Å². The maximum atomic E-state index is 9.54. The van der Waals surface area contributed by atoms with Crippen molar-refractivity contribution in [3.63, 3.8) is 0 Å². The molecule has 0 amide bonds. The number of rotatable bonds is 6. The third kappa shape index (κ3) is 2.87. The average molecular weight is 262 g/mol. The highest BCUT2D eigenvalue weighted by molar-refractivity contribution is 5.44. The Bertz CT molecular complexity index is 537. The van der Waals surface area contributed by atoms with Crippen LogP contribution in [0.15, 0.2) is 18.3 Å². The fraction of sp³-hybridized carbons (Fsp3) is 0.571. The topological polar surface area (TPSA) is 62.5 Å². The van der Waals surface area contributed by atoms with Crippen molar-refractivity contribution >= 4 is 11.6 Å². The molecule has 0 aliphatic carbocycles. The summed E-state index contributed by atoms with van der Waals surface area (Å²) in [4.78, 5) is 4.42. The van der Waals surface area contributed by atoms with Crippen molar-refractivity contribution < 1.29 is 5.11 Å². The first-order chi connectivity index (χ1) is 9.12. The van der Waals surface area contributed by atoms with Gasteiger partial charge < -0.3 is 10.4 Å². The van der Waals surface area contributed by atoms with Crippen LogP contribution in [0.25, 0.3) is 5.65 Å². The molecule has 0 fully saturated rings. The molecule has 0 bridgehead atoms. The van der Waals surface area contributed by atoms with E-state index in [4.69, 9.17) is 0 Å². The molecule has 0 aliphatic rings. The van der Waals surface area contributed by atoms with Gasteiger partial charge in [-0.3, -0.25) is 0 Å². The molecule has 0 radical (unpaired) electrons. The number of anilines is 1. The summed E-state index contributed by atoms with van der Waals surface area (Å²) < 4.78 is 1.77. The average Bonchev–Trinajstić information content (AvgIpc) is 2.83. The molecular weight excluding hydrogens is 240 g/mol. The van der Waals surface area contributed by atoms with Crippen LogP contribution in [0.2, 0.25) is 0 Å². The number of nitrogens with zero attached hydrogens (tertiary/aromatic N) is 3. The molecule has 0 unspecified atom stereocenters. The fourth-order valence-electron chi connectivity index (χ4n) is 2.11. The lowest BCUT2D eigenvalue weighted by Crippen LogP contribution is -2.32. The molecule has 2 N–H and O–H groups in total. The van der Waals surface area contributed by atoms with E-state index >= 15 is 0 Å². The zero-order valence-corrected chi connectivity index (χ0v) is 11.8. The molecule has 2 heterocycles. The number of nitrogens with one attached hydrogen (secondary N) is 1. The summed E-state index contributed by atoms with van der Waals surface area (Å²) in [5.74, 6) is 0.616. The maximum absolute atomic E-state index is 9.54. The van der Waals surface area contributed by atoms with E-state index < -0.39 is 0 Å². The lowest BCUT2D eigenvalue weighted by Gasteiger charge is -2.29. The first-order valence-corrected chi connectivity index (χ1v) is 6.80. The Kier molecular flexibility index (Phi) is 4.04. The normalized spacial score (nSPS) is 12.0. The molecule has 104 valence electrons. The van der Waals surface area contributed by atoms with Gasteiger partial charge in [0.1, 0.15) is 0 Å². The molecule has 2 aromatic heterocycles. The van der Waals surface area contributed by atoms with E-state index in [1.165, 1.54) is 0 Å². The molecule has 5 heteroatoms. The van der Waals surface area contributed by atoms with Gasteiger partial charge >= 0.3 is 0 Å². The van der Waals surface area contributed by atoms with Crippen molar-refractivity contribution in [1.82, 2.24) is 14.6 Å². The molecule has 0 aromatic carbocycles. The molecule has 2 rings (SSSR count). The minimum Gasteiger partial charge on any atom is -0.396 e. The van der Waals surface area contributed by atoms with E-state index in [2.05, 4.69) is 29.2 Å². The fourth-order valence-corrected chi connectivity index (χ4v) is 2.11. The van der Waals surface area contributed by atoms with Gasteiger partial charge in [0.05, 0.1) is 6.61 Å². The van der Waals surface area contributed by atoms with Crippen LogP contribution in [0, 0.1) is 12.3 Å². The van der Waals surface area contributed by atoms with Crippen molar-refractivity contribution in [3.05, 3.63) is 23.9 Å². The van der Waals surface area contributed by atoms with E-state index in [-0.39, 0.29) is 12.0 Å². The number of pyridine rings is 1. The van der Waals surface area contributed by atoms with Crippen molar-refractivity contribution in [2.24, 2.45) is 5.41 Å². The molecule has 2 aromatic rings. The number of hydrogen-bond acceptors (Lipinski definition) is 4. The van der Waals surface area contributed by atoms with Crippen LogP contribution in [0.5, 0.6) is 0 Å². The highest BCUT2D eigenvalue weighted by atomic mass is 16.3. The summed E-state index contributed by atoms with van der Waals surface area (Å²) in [7, 11) is 0. The second-order valence-electron chi connectivity index (χ2n) is 5.16. The minimum atomic E-state index is -0.0899. The molecule has 0 atom stereocenters. The van der Waals surface area contributed by atoms with Gasteiger partial charge in [0.2, 0.25) is 5.95 Å². The Balaban J connectivity index is 2.13. The van der Waals surface area contributed by atoms with Gasteiger partial charge in [-0.15, -0.1) is 5.10 Å². The van der Waals surface area contributed by atoms with Gasteiger partial charge in [-0.1, -0.05) is 19.9 Å². The molecule has 0 saturated carbocycles. The van der Waals surface area contributed by atoms with Crippen molar-refractivity contribution in [2.45, 2.75) is 33.6 Å². The standard InChI is InChI=1S/C14H22N4O/c1-4-14(5-2,10-19)9-15-13-16-12-7-6-11(3)8-18(12)17-13/h6-8,19H,4-5,9-10H2,1-3H3,(H,15,17). The summed E-state index contributed by atoms with van der Waals surface area (Å²) >= 11 is 0. The first-order valence-electron chi connectivity index (χ1n) is 6.80. The van der Waals surface area contributed by atoms with Crippen molar-refractivity contribution in [1.29, 1.82) is 0 Å². The lowest BCUT2D eigenvalue weighted by atomic mass is 9.83. The van der Waals surface area contributed by atoms with Gasteiger partial charge in [-0.25, -0.2) is 4.52 Å². The highest BCUT2D eigenvalue weighted by Gasteiger charge is 2.25. The zero-order valence-electron chi connectivity index (χ0n) is 11.8. The number of aryl methyl sites for hydroxylation is 1. The molecule has 19 heavy (non-hydrogen) atoms. The number of aromatic nitrogens is 3. The van der Waals surface area contributed by atoms with Crippen molar-refractivity contribution in [2.75, 3.05) is 18.5 Å². The Hall–Kier alpha value is -1.62. The van der Waals surface area contributed by atoms with Gasteiger partial charge in [-0.2, -0.15) is 4.98 Å². The van der Waals surface area contributed by atoms with E-state index in [1.54, 1.807) is 4.52 Å². The van der Waals surface area contributed by atoms with Crippen LogP contribution in [0.3, 0.4) is 0 Å². The van der Waals surface area contributed by atoms with E-state index in [0.29, 0.717) is 12.5 Å². The highest BCUT2D eigenvalue weighted by Crippen LogP contribution is 2.25. The van der Waals surface area contributed by atoms with Crippen molar-refractivity contribution in [3.8, 4) is 0 Å². The van der Waals surface area contributed by atoms with Crippen LogP contribution >= 0.6 is 0 Å². The third-order valence-electron chi connectivity index (χ3n) is 3.94. The first kappa shape index (κ1) is 13.8. The van der Waals surface area contributed by atoms with E-state index in [9.17, 15) is 5.11 Å². The van der Waals surface area contributed by atoms with Gasteiger partial charge in [0.15, 0.2) is 5.65 Å². The summed E-state index contributed by atoms with van der Waals surface area (Å²) in [5, 5.41) is 17.2. The maximum Gasteiger partial charge on any atom is 0.243 e. The summed E-state index contributed by atoms with van der Waals surface area (Å²) in [6, 6.07) is 3.97. The Labute approximate surface area is 113 Å². The monoisotopic (exact) mass is 262 g/mol. The van der Waals surface area contributed by atoms with Gasteiger partial charge in [-0.05, 0) is 31.4 Å². The summed E-state index contributed by atoms with van der Waals surface area (Å²) in [6.45, 7) is 7.09. The van der Waals surface area contributed by atoms with Crippen LogP contribution in [-0.4, -0.2) is 32.9 Å². The summed E-state index contributed by atoms with van der Waals surface area (Å²) in [5.41, 5.74) is 1.89. The quantitative estimate of drug-likeness (QED) is 0.838. The Morgan fingerprint density at radius 1 is 1.32 bits per heavy atom. The third-order valence-corrected chi connectivity index (χ3v) is 3.94. The van der Waals surface area contributed by atoms with Crippen LogP contribution in [-0.2, 0) is 0 Å². The smallest absolute Gasteiger partial charge is 0.243 e. The van der Waals surface area contributed by atoms with E-state index in [0.717, 1.165) is 24.1 Å². The predicted molar refractivity (Wildman–Crippen MR) is 76.3 cm³/mol. The molecule has 0 aliphatic heterocycles. The molecule has 5 nitrogen and oxygen atoms in total. The van der Waals surface area contributed by atoms with E-state index in [1.807, 2.05) is 25.3 Å². The minimum absolute atomic E-state index is 0.0899. The second kappa shape index (κ2) is 5.57. The predicted octanol–water partition coefficient (Wildman–Crippen LogP) is 2.25. The number of aliphatic hydroxyl groups excluding tert-OH is 1. The summed E-state index contributed by atoms with van der Waals surface area (Å²) in [6.07, 6.45) is 3.81.